The van der Waals surface area contributed by atoms with E-state index >= 15 is 0 Å². The summed E-state index contributed by atoms with van der Waals surface area (Å²) >= 11 is 0. The van der Waals surface area contributed by atoms with Crippen LogP contribution in [0.15, 0.2) is 66.7 Å². The Balaban J connectivity index is 1.35. The van der Waals surface area contributed by atoms with Gasteiger partial charge in [0.15, 0.2) is 5.78 Å². The second-order valence-electron chi connectivity index (χ2n) is 8.16. The molecule has 0 atom stereocenters. The monoisotopic (exact) mass is 426 g/mol. The van der Waals surface area contributed by atoms with Gasteiger partial charge in [0.25, 0.3) is 5.91 Å². The Labute approximate surface area is 187 Å². The number of carbonyl (C=O) groups excluding carboxylic acids is 3. The average Bonchev–Trinajstić information content (AvgIpc) is 3.28. The van der Waals surface area contributed by atoms with Crippen molar-refractivity contribution in [3.63, 3.8) is 0 Å². The molecule has 3 aromatic rings. The zero-order valence-electron chi connectivity index (χ0n) is 18.1. The van der Waals surface area contributed by atoms with Gasteiger partial charge in [-0.15, -0.1) is 0 Å². The minimum absolute atomic E-state index is 0.0181. The quantitative estimate of drug-likeness (QED) is 0.501. The Morgan fingerprint density at radius 2 is 1.56 bits per heavy atom. The number of amides is 2. The Hall–Kier alpha value is -3.73. The third-order valence-electron chi connectivity index (χ3n) is 5.81. The van der Waals surface area contributed by atoms with E-state index in [9.17, 15) is 14.4 Å². The summed E-state index contributed by atoms with van der Waals surface area (Å²) in [6, 6.07) is 20.2. The molecule has 5 heteroatoms. The van der Waals surface area contributed by atoms with Gasteiger partial charge in [0.05, 0.1) is 0 Å². The van der Waals surface area contributed by atoms with Crippen LogP contribution in [0.2, 0.25) is 0 Å². The van der Waals surface area contributed by atoms with Crippen LogP contribution in [-0.4, -0.2) is 17.6 Å². The first-order chi connectivity index (χ1) is 15.5. The number of aryl methyl sites for hydroxylation is 3. The number of hydrogen-bond donors (Lipinski definition) is 2. The van der Waals surface area contributed by atoms with Crippen LogP contribution in [0.4, 0.5) is 11.4 Å². The van der Waals surface area contributed by atoms with E-state index in [1.165, 1.54) is 11.1 Å². The summed E-state index contributed by atoms with van der Waals surface area (Å²) in [6.45, 7) is 1.88. The molecule has 0 unspecified atom stereocenters. The van der Waals surface area contributed by atoms with Crippen LogP contribution in [-0.2, 0) is 17.6 Å². The number of ketones is 1. The van der Waals surface area contributed by atoms with Crippen molar-refractivity contribution in [2.45, 2.75) is 39.0 Å². The Morgan fingerprint density at radius 1 is 0.781 bits per heavy atom. The smallest absolute Gasteiger partial charge is 0.255 e. The third kappa shape index (κ3) is 5.11. The van der Waals surface area contributed by atoms with Crippen LogP contribution < -0.4 is 10.6 Å². The molecule has 3 aromatic carbocycles. The minimum atomic E-state index is -0.228. The number of rotatable bonds is 7. The van der Waals surface area contributed by atoms with Crippen LogP contribution >= 0.6 is 0 Å². The van der Waals surface area contributed by atoms with Gasteiger partial charge in [0.2, 0.25) is 5.91 Å². The molecule has 1 aliphatic carbocycles. The molecule has 1 aliphatic rings. The van der Waals surface area contributed by atoms with Gasteiger partial charge in [0, 0.05) is 35.3 Å². The number of Topliss-reactive ketones (excluding diaryl/α,β-unsaturated/α-hetero) is 1. The first kappa shape index (κ1) is 21.5. The Kier molecular flexibility index (Phi) is 6.45. The average molecular weight is 427 g/mol. The van der Waals surface area contributed by atoms with Crippen LogP contribution in [0.1, 0.15) is 56.7 Å². The van der Waals surface area contributed by atoms with Crippen LogP contribution in [0, 0.1) is 6.92 Å². The maximum absolute atomic E-state index is 12.6. The molecular weight excluding hydrogens is 400 g/mol. The predicted molar refractivity (Wildman–Crippen MR) is 126 cm³/mol. The summed E-state index contributed by atoms with van der Waals surface area (Å²) in [5, 5.41) is 5.72. The zero-order chi connectivity index (χ0) is 22.5. The van der Waals surface area contributed by atoms with Crippen molar-refractivity contribution in [3.8, 4) is 0 Å². The van der Waals surface area contributed by atoms with Crippen LogP contribution in [0.3, 0.4) is 0 Å². The number of anilines is 2. The fourth-order valence-electron chi connectivity index (χ4n) is 3.96. The van der Waals surface area contributed by atoms with Gasteiger partial charge in [-0.1, -0.05) is 36.4 Å². The van der Waals surface area contributed by atoms with E-state index in [-0.39, 0.29) is 30.4 Å². The van der Waals surface area contributed by atoms with Crippen molar-refractivity contribution in [3.05, 3.63) is 94.5 Å². The second kappa shape index (κ2) is 9.60. The highest BCUT2D eigenvalue weighted by atomic mass is 16.2. The maximum Gasteiger partial charge on any atom is 0.255 e. The zero-order valence-corrected chi connectivity index (χ0v) is 18.1. The van der Waals surface area contributed by atoms with Gasteiger partial charge >= 0.3 is 0 Å². The van der Waals surface area contributed by atoms with Crippen LogP contribution in [0.25, 0.3) is 0 Å². The van der Waals surface area contributed by atoms with Gasteiger partial charge in [-0.2, -0.15) is 0 Å². The van der Waals surface area contributed by atoms with Gasteiger partial charge < -0.3 is 10.6 Å². The fourth-order valence-corrected chi connectivity index (χ4v) is 3.96. The molecule has 4 rings (SSSR count). The highest BCUT2D eigenvalue weighted by molar-refractivity contribution is 6.05. The molecule has 0 fully saturated rings. The van der Waals surface area contributed by atoms with Crippen molar-refractivity contribution in [2.75, 3.05) is 10.6 Å². The van der Waals surface area contributed by atoms with E-state index in [4.69, 9.17) is 0 Å². The standard InChI is InChI=1S/C27H26N2O3/c1-18-10-13-23(28-27(32)20-6-3-2-4-7-20)17-24(18)29-26(31)15-14-25(30)22-12-11-19-8-5-9-21(19)16-22/h2-4,6-7,10-13,16-17H,5,8-9,14-15H2,1H3,(H,28,32)(H,29,31). The summed E-state index contributed by atoms with van der Waals surface area (Å²) in [5.74, 6) is -0.462. The number of fused-ring (bicyclic) bond motifs is 1. The summed E-state index contributed by atoms with van der Waals surface area (Å²) < 4.78 is 0. The Bertz CT molecular complexity index is 1170. The normalized spacial score (nSPS) is 12.2. The second-order valence-corrected chi connectivity index (χ2v) is 8.16. The number of carbonyl (C=O) groups is 3. The van der Waals surface area contributed by atoms with Crippen molar-refractivity contribution in [1.82, 2.24) is 0 Å². The van der Waals surface area contributed by atoms with Crippen molar-refractivity contribution in [1.29, 1.82) is 0 Å². The van der Waals surface area contributed by atoms with E-state index in [0.29, 0.717) is 22.5 Å². The molecule has 0 aliphatic heterocycles. The summed E-state index contributed by atoms with van der Waals surface area (Å²) in [6.07, 6.45) is 3.51. The molecule has 0 spiro atoms. The molecule has 0 radical (unpaired) electrons. The first-order valence-corrected chi connectivity index (χ1v) is 10.9. The van der Waals surface area contributed by atoms with Crippen LogP contribution in [0.5, 0.6) is 0 Å². The lowest BCUT2D eigenvalue weighted by atomic mass is 10.0. The number of nitrogens with one attached hydrogen (secondary N) is 2. The highest BCUT2D eigenvalue weighted by Gasteiger charge is 2.15. The third-order valence-corrected chi connectivity index (χ3v) is 5.81. The molecular formula is C27H26N2O3. The predicted octanol–water partition coefficient (Wildman–Crippen LogP) is 5.34. The SMILES string of the molecule is Cc1ccc(NC(=O)c2ccccc2)cc1NC(=O)CCC(=O)c1ccc2c(c1)CCC2. The molecule has 0 aromatic heterocycles. The summed E-state index contributed by atoms with van der Waals surface area (Å²) in [5.41, 5.74) is 5.91. The minimum Gasteiger partial charge on any atom is -0.326 e. The van der Waals surface area contributed by atoms with Crippen molar-refractivity contribution >= 4 is 29.0 Å². The summed E-state index contributed by atoms with van der Waals surface area (Å²) in [4.78, 5) is 37.4. The topological polar surface area (TPSA) is 75.3 Å². The number of benzene rings is 3. The Morgan fingerprint density at radius 3 is 2.38 bits per heavy atom. The first-order valence-electron chi connectivity index (χ1n) is 10.9. The summed E-state index contributed by atoms with van der Waals surface area (Å²) in [7, 11) is 0. The van der Waals surface area contributed by atoms with Gasteiger partial charge in [-0.05, 0) is 73.2 Å². The van der Waals surface area contributed by atoms with Gasteiger partial charge in [-0.25, -0.2) is 0 Å². The molecule has 5 nitrogen and oxygen atoms in total. The van der Waals surface area contributed by atoms with Gasteiger partial charge in [-0.3, -0.25) is 14.4 Å². The number of hydrogen-bond acceptors (Lipinski definition) is 3. The largest absolute Gasteiger partial charge is 0.326 e. The van der Waals surface area contributed by atoms with Crippen molar-refractivity contribution < 1.29 is 14.4 Å². The maximum atomic E-state index is 12.6. The molecule has 0 bridgehead atoms. The highest BCUT2D eigenvalue weighted by Crippen LogP contribution is 2.24. The molecule has 0 saturated heterocycles. The van der Waals surface area contributed by atoms with Crippen molar-refractivity contribution in [2.24, 2.45) is 0 Å². The molecule has 162 valence electrons. The molecule has 2 N–H and O–H groups in total. The van der Waals surface area contributed by atoms with E-state index in [1.54, 1.807) is 36.4 Å². The van der Waals surface area contributed by atoms with E-state index in [1.807, 2.05) is 37.3 Å². The van der Waals surface area contributed by atoms with E-state index in [0.717, 1.165) is 24.8 Å². The van der Waals surface area contributed by atoms with Gasteiger partial charge in [0.1, 0.15) is 0 Å². The lowest BCUT2D eigenvalue weighted by molar-refractivity contribution is -0.116. The van der Waals surface area contributed by atoms with E-state index in [2.05, 4.69) is 10.6 Å². The molecule has 0 saturated carbocycles. The fraction of sp³-hybridized carbons (Fsp3) is 0.222. The molecule has 0 heterocycles. The lowest BCUT2D eigenvalue weighted by Gasteiger charge is -2.12. The molecule has 32 heavy (non-hydrogen) atoms. The van der Waals surface area contributed by atoms with E-state index < -0.39 is 0 Å². The lowest BCUT2D eigenvalue weighted by Crippen LogP contribution is -2.15. The molecule has 2 amide bonds.